The number of thiophene rings is 1. The first-order chi connectivity index (χ1) is 9.55. The predicted molar refractivity (Wildman–Crippen MR) is 79.9 cm³/mol. The minimum Gasteiger partial charge on any atom is -0.398 e. The lowest BCUT2D eigenvalue weighted by Gasteiger charge is -2.22. The van der Waals surface area contributed by atoms with Crippen molar-refractivity contribution in [2.45, 2.75) is 10.6 Å². The van der Waals surface area contributed by atoms with Gasteiger partial charge in [-0.15, -0.1) is 11.3 Å². The predicted octanol–water partition coefficient (Wildman–Crippen LogP) is 2.44. The summed E-state index contributed by atoms with van der Waals surface area (Å²) in [7, 11) is -3.68. The van der Waals surface area contributed by atoms with E-state index in [2.05, 4.69) is 0 Å². The molecule has 0 fully saturated rings. The van der Waals surface area contributed by atoms with E-state index >= 15 is 0 Å². The van der Waals surface area contributed by atoms with Gasteiger partial charge in [0.25, 0.3) is 10.0 Å². The summed E-state index contributed by atoms with van der Waals surface area (Å²) in [6.45, 7) is 0.112. The maximum atomic E-state index is 12.6. The number of nitrogen functional groups attached to an aromatic ring is 1. The normalized spacial score (nSPS) is 10.9. The van der Waals surface area contributed by atoms with E-state index < -0.39 is 10.0 Å². The van der Waals surface area contributed by atoms with Crippen molar-refractivity contribution in [3.05, 3.63) is 41.8 Å². The van der Waals surface area contributed by atoms with Crippen LogP contribution in [0.1, 0.15) is 6.42 Å². The molecule has 0 atom stereocenters. The Kier molecular flexibility index (Phi) is 4.27. The van der Waals surface area contributed by atoms with Gasteiger partial charge in [0.05, 0.1) is 18.2 Å². The summed E-state index contributed by atoms with van der Waals surface area (Å²) < 4.78 is 26.7. The molecule has 0 aliphatic carbocycles. The monoisotopic (exact) mass is 307 g/mol. The van der Waals surface area contributed by atoms with Gasteiger partial charge in [0.15, 0.2) is 0 Å². The molecule has 0 saturated heterocycles. The second kappa shape index (κ2) is 5.94. The van der Waals surface area contributed by atoms with Crippen molar-refractivity contribution in [2.24, 2.45) is 0 Å². The van der Waals surface area contributed by atoms with Crippen molar-refractivity contribution >= 4 is 32.7 Å². The molecular formula is C13H13N3O2S2. The Morgan fingerprint density at radius 2 is 2.00 bits per heavy atom. The maximum absolute atomic E-state index is 12.6. The van der Waals surface area contributed by atoms with Gasteiger partial charge in [0, 0.05) is 17.6 Å². The summed E-state index contributed by atoms with van der Waals surface area (Å²) in [4.78, 5) is 0. The van der Waals surface area contributed by atoms with Crippen molar-refractivity contribution in [1.29, 1.82) is 5.26 Å². The van der Waals surface area contributed by atoms with Gasteiger partial charge in [-0.3, -0.25) is 4.31 Å². The zero-order chi connectivity index (χ0) is 14.6. The fourth-order valence-corrected chi connectivity index (χ4v) is 4.37. The van der Waals surface area contributed by atoms with Crippen molar-refractivity contribution in [3.63, 3.8) is 0 Å². The lowest BCUT2D eigenvalue weighted by atomic mass is 10.3. The number of nitrogens with two attached hydrogens (primary N) is 1. The Hall–Kier alpha value is -2.04. The smallest absolute Gasteiger partial charge is 0.273 e. The van der Waals surface area contributed by atoms with Crippen LogP contribution in [-0.4, -0.2) is 15.0 Å². The molecule has 0 amide bonds. The van der Waals surface area contributed by atoms with Gasteiger partial charge in [0.1, 0.15) is 4.21 Å². The fourth-order valence-electron chi connectivity index (χ4n) is 1.71. The number of nitriles is 1. The third-order valence-corrected chi connectivity index (χ3v) is 5.87. The molecule has 2 rings (SSSR count). The molecule has 0 unspecified atom stereocenters. The molecule has 0 spiro atoms. The Morgan fingerprint density at radius 3 is 2.55 bits per heavy atom. The van der Waals surface area contributed by atoms with Crippen molar-refractivity contribution < 1.29 is 8.42 Å². The van der Waals surface area contributed by atoms with Crippen LogP contribution in [-0.2, 0) is 10.0 Å². The second-order valence-corrected chi connectivity index (χ2v) is 7.02. The fraction of sp³-hybridized carbons (Fsp3) is 0.154. The van der Waals surface area contributed by atoms with E-state index in [0.29, 0.717) is 11.4 Å². The number of para-hydroxylation sites is 1. The lowest BCUT2D eigenvalue weighted by Crippen LogP contribution is -2.31. The topological polar surface area (TPSA) is 87.2 Å². The summed E-state index contributed by atoms with van der Waals surface area (Å²) in [6, 6.07) is 12.1. The Bertz CT molecular complexity index is 718. The van der Waals surface area contributed by atoms with Crippen LogP contribution in [0.2, 0.25) is 0 Å². The van der Waals surface area contributed by atoms with Crippen molar-refractivity contribution in [3.8, 4) is 6.07 Å². The zero-order valence-electron chi connectivity index (χ0n) is 10.6. The van der Waals surface area contributed by atoms with E-state index in [1.165, 1.54) is 10.4 Å². The van der Waals surface area contributed by atoms with E-state index in [4.69, 9.17) is 11.0 Å². The van der Waals surface area contributed by atoms with Crippen LogP contribution in [0.25, 0.3) is 0 Å². The third-order valence-electron chi connectivity index (χ3n) is 2.61. The first-order valence-corrected chi connectivity index (χ1v) is 8.16. The molecule has 0 aliphatic heterocycles. The highest BCUT2D eigenvalue weighted by atomic mass is 32.2. The average Bonchev–Trinajstić information content (AvgIpc) is 2.88. The molecule has 7 heteroatoms. The molecule has 0 saturated carbocycles. The van der Waals surface area contributed by atoms with Crippen LogP contribution < -0.4 is 10.0 Å². The van der Waals surface area contributed by atoms with Gasteiger partial charge in [-0.25, -0.2) is 8.42 Å². The summed E-state index contributed by atoms with van der Waals surface area (Å²) >= 11 is 1.08. The lowest BCUT2D eigenvalue weighted by molar-refractivity contribution is 0.593. The van der Waals surface area contributed by atoms with Gasteiger partial charge < -0.3 is 5.73 Å². The second-order valence-electron chi connectivity index (χ2n) is 4.02. The average molecular weight is 307 g/mol. The summed E-state index contributed by atoms with van der Waals surface area (Å²) in [5.74, 6) is 0. The van der Waals surface area contributed by atoms with Gasteiger partial charge in [-0.2, -0.15) is 5.26 Å². The number of benzene rings is 1. The molecule has 104 valence electrons. The molecule has 20 heavy (non-hydrogen) atoms. The van der Waals surface area contributed by atoms with Crippen LogP contribution in [0.4, 0.5) is 11.4 Å². The maximum Gasteiger partial charge on any atom is 0.273 e. The largest absolute Gasteiger partial charge is 0.398 e. The highest BCUT2D eigenvalue weighted by Gasteiger charge is 2.26. The molecule has 1 aromatic carbocycles. The molecule has 2 N–H and O–H groups in total. The summed E-state index contributed by atoms with van der Waals surface area (Å²) in [6.07, 6.45) is 0.120. The standard InChI is InChI=1S/C13H13N3O2S2/c14-7-4-8-16(12-5-2-1-3-6-12)20(17,18)13-9-11(15)10-19-13/h1-3,5-6,9-10H,4,8,15H2. The number of sulfonamides is 1. The highest BCUT2D eigenvalue weighted by Crippen LogP contribution is 2.28. The van der Waals surface area contributed by atoms with E-state index in [1.807, 2.05) is 12.1 Å². The number of nitrogens with zero attached hydrogens (tertiary/aromatic N) is 2. The molecule has 0 bridgehead atoms. The van der Waals surface area contributed by atoms with E-state index in [0.717, 1.165) is 11.3 Å². The molecule has 0 aliphatic rings. The highest BCUT2D eigenvalue weighted by molar-refractivity contribution is 7.94. The van der Waals surface area contributed by atoms with Crippen LogP contribution in [0.5, 0.6) is 0 Å². The molecule has 0 radical (unpaired) electrons. The van der Waals surface area contributed by atoms with Gasteiger partial charge in [0.2, 0.25) is 0 Å². The first kappa shape index (κ1) is 14.4. The molecule has 2 aromatic rings. The van der Waals surface area contributed by atoms with Gasteiger partial charge >= 0.3 is 0 Å². The Balaban J connectivity index is 2.44. The van der Waals surface area contributed by atoms with Gasteiger partial charge in [-0.1, -0.05) is 18.2 Å². The SMILES string of the molecule is N#CCCN(c1ccccc1)S(=O)(=O)c1cc(N)cs1. The quantitative estimate of drug-likeness (QED) is 0.919. The van der Waals surface area contributed by atoms with E-state index in [9.17, 15) is 8.42 Å². The van der Waals surface area contributed by atoms with Crippen LogP contribution in [0, 0.1) is 11.3 Å². The van der Waals surface area contributed by atoms with Crippen LogP contribution in [0.15, 0.2) is 46.0 Å². The number of hydrogen-bond donors (Lipinski definition) is 1. The van der Waals surface area contributed by atoms with Crippen LogP contribution >= 0.6 is 11.3 Å². The zero-order valence-corrected chi connectivity index (χ0v) is 12.2. The minimum absolute atomic E-state index is 0.112. The van der Waals surface area contributed by atoms with E-state index in [-0.39, 0.29) is 17.2 Å². The number of hydrogen-bond acceptors (Lipinski definition) is 5. The number of rotatable bonds is 5. The number of anilines is 2. The van der Waals surface area contributed by atoms with E-state index in [1.54, 1.807) is 29.6 Å². The minimum atomic E-state index is -3.68. The summed E-state index contributed by atoms with van der Waals surface area (Å²) in [5.41, 5.74) is 6.54. The molecule has 5 nitrogen and oxygen atoms in total. The van der Waals surface area contributed by atoms with Crippen LogP contribution in [0.3, 0.4) is 0 Å². The molecule has 1 heterocycles. The van der Waals surface area contributed by atoms with Gasteiger partial charge in [-0.05, 0) is 18.2 Å². The van der Waals surface area contributed by atoms with Crippen molar-refractivity contribution in [1.82, 2.24) is 0 Å². The summed E-state index contributed by atoms with van der Waals surface area (Å²) in [5, 5.41) is 10.3. The third kappa shape index (κ3) is 2.92. The first-order valence-electron chi connectivity index (χ1n) is 5.84. The van der Waals surface area contributed by atoms with Crippen molar-refractivity contribution in [2.75, 3.05) is 16.6 Å². The molecular weight excluding hydrogens is 294 g/mol. The Labute approximate surface area is 121 Å². The Morgan fingerprint density at radius 1 is 1.30 bits per heavy atom. The molecule has 1 aromatic heterocycles.